The minimum Gasteiger partial charge on any atom is -0.394 e. The molecule has 2 rings (SSSR count). The lowest BCUT2D eigenvalue weighted by atomic mass is 10.0. The number of unbranched alkanes of at least 4 members (excludes halogenated alkanes) is 13. The summed E-state index contributed by atoms with van der Waals surface area (Å²) >= 11 is 0. The Labute approximate surface area is 215 Å². The van der Waals surface area contributed by atoms with E-state index >= 15 is 0 Å². The fourth-order valence-electron chi connectivity index (χ4n) is 4.62. The summed E-state index contributed by atoms with van der Waals surface area (Å²) in [4.78, 5) is 25.3. The molecule has 4 N–H and O–H groups in total. The second-order valence-corrected chi connectivity index (χ2v) is 10.2. The van der Waals surface area contributed by atoms with E-state index in [1.165, 1.54) is 87.5 Å². The smallest absolute Gasteiger partial charge is 0.394 e. The Morgan fingerprint density at radius 1 is 1.00 bits per heavy atom. The summed E-state index contributed by atoms with van der Waals surface area (Å²) in [5, 5.41) is 9.69. The topological polar surface area (TPSA) is 146 Å². The van der Waals surface area contributed by atoms with Crippen molar-refractivity contribution in [1.29, 1.82) is 0 Å². The maximum absolute atomic E-state index is 12.3. The fraction of sp³-hybridized carbons (Fsp3) is 0.840. The molecule has 0 aliphatic carbocycles. The van der Waals surface area contributed by atoms with E-state index < -0.39 is 45.1 Å². The zero-order valence-corrected chi connectivity index (χ0v) is 22.5. The summed E-state index contributed by atoms with van der Waals surface area (Å²) in [7, 11) is -2.95. The molecule has 5 unspecified atom stereocenters. The maximum atomic E-state index is 12.3. The highest BCUT2D eigenvalue weighted by molar-refractivity contribution is 7.32. The summed E-state index contributed by atoms with van der Waals surface area (Å²) in [6.07, 6.45) is 15.1. The van der Waals surface area contributed by atoms with E-state index in [0.29, 0.717) is 6.61 Å². The van der Waals surface area contributed by atoms with Gasteiger partial charge in [-0.05, 0) is 12.5 Å². The summed E-state index contributed by atoms with van der Waals surface area (Å²) in [5.41, 5.74) is 4.93. The Hall–Kier alpha value is -1.42. The van der Waals surface area contributed by atoms with E-state index in [1.807, 2.05) is 0 Å². The van der Waals surface area contributed by atoms with Gasteiger partial charge in [-0.1, -0.05) is 90.4 Å². The van der Waals surface area contributed by atoms with Crippen molar-refractivity contribution in [2.45, 2.75) is 121 Å². The monoisotopic (exact) mass is 530 g/mol. The number of aliphatic hydroxyl groups is 1. The van der Waals surface area contributed by atoms with Gasteiger partial charge in [0.25, 0.3) is 0 Å². The second-order valence-electron chi connectivity index (χ2n) is 9.53. The summed E-state index contributed by atoms with van der Waals surface area (Å²) in [6.45, 7) is 2.17. The molecule has 0 radical (unpaired) electrons. The van der Waals surface area contributed by atoms with Crippen LogP contribution in [0.25, 0.3) is 0 Å². The predicted molar refractivity (Wildman–Crippen MR) is 139 cm³/mol. The van der Waals surface area contributed by atoms with E-state index in [0.717, 1.165) is 19.3 Å². The Balaban J connectivity index is 1.70. The van der Waals surface area contributed by atoms with E-state index in [4.69, 9.17) is 19.7 Å². The normalized spacial score (nSPS) is 22.2. The molecule has 5 atom stereocenters. The van der Waals surface area contributed by atoms with Gasteiger partial charge in [0, 0.05) is 17.4 Å². The number of hydrogen-bond donors (Lipinski definition) is 3. The number of nitrogens with two attached hydrogens (primary N) is 1. The molecule has 1 aromatic rings. The highest BCUT2D eigenvalue weighted by Crippen LogP contribution is 2.37. The SMILES string of the molecule is CCCCCCCCCCCCCCCCOC1C(O[P+](=O)O)C(CO)OC1n1ccc(N)nc1=O. The molecule has 0 bridgehead atoms. The van der Waals surface area contributed by atoms with Crippen LogP contribution >= 0.6 is 8.25 Å². The van der Waals surface area contributed by atoms with Crippen LogP contribution in [0.1, 0.15) is 103 Å². The fourth-order valence-corrected chi connectivity index (χ4v) is 5.09. The third-order valence-electron chi connectivity index (χ3n) is 6.61. The first-order chi connectivity index (χ1) is 17.5. The van der Waals surface area contributed by atoms with Gasteiger partial charge in [0.05, 0.1) is 6.61 Å². The highest BCUT2D eigenvalue weighted by Gasteiger charge is 2.51. The van der Waals surface area contributed by atoms with E-state index in [1.54, 1.807) is 0 Å². The Bertz CT molecular complexity index is 810. The molecule has 11 heteroatoms. The number of ether oxygens (including phenoxy) is 2. The van der Waals surface area contributed by atoms with Crippen molar-refractivity contribution in [3.05, 3.63) is 22.7 Å². The van der Waals surface area contributed by atoms with Gasteiger partial charge in [0.15, 0.2) is 12.3 Å². The van der Waals surface area contributed by atoms with Crippen molar-refractivity contribution in [3.63, 3.8) is 0 Å². The van der Waals surface area contributed by atoms with Crippen molar-refractivity contribution in [3.8, 4) is 0 Å². The van der Waals surface area contributed by atoms with Gasteiger partial charge < -0.3 is 20.3 Å². The molecule has 10 nitrogen and oxygen atoms in total. The number of aliphatic hydroxyl groups excluding tert-OH is 1. The molecular formula is C25H45N3O7P+. The zero-order valence-electron chi connectivity index (χ0n) is 21.6. The molecule has 1 saturated heterocycles. The Morgan fingerprint density at radius 3 is 2.06 bits per heavy atom. The second kappa shape index (κ2) is 17.9. The van der Waals surface area contributed by atoms with Gasteiger partial charge >= 0.3 is 13.9 Å². The van der Waals surface area contributed by atoms with E-state index in [-0.39, 0.29) is 5.82 Å². The standard InChI is InChI=1S/C25H44N3O7P/c1-2-3-4-5-6-7-8-9-10-11-12-13-14-15-18-33-23-22(35-36(31)32)20(19-29)34-24(23)28-17-16-21(26)27-25(28)30/h16-17,20,22-24,29H,2-15,18-19H2,1H3,(H2-,26,27,30,31,32)/p+1. The van der Waals surface area contributed by atoms with Crippen molar-refractivity contribution in [2.75, 3.05) is 18.9 Å². The lowest BCUT2D eigenvalue weighted by Crippen LogP contribution is -2.39. The zero-order chi connectivity index (χ0) is 26.2. The Morgan fingerprint density at radius 2 is 1.56 bits per heavy atom. The maximum Gasteiger partial charge on any atom is 0.695 e. The van der Waals surface area contributed by atoms with Crippen LogP contribution in [0, 0.1) is 0 Å². The molecular weight excluding hydrogens is 485 g/mol. The average Bonchev–Trinajstić information content (AvgIpc) is 3.17. The number of rotatable bonds is 20. The minimum absolute atomic E-state index is 0.0686. The predicted octanol–water partition coefficient (Wildman–Crippen LogP) is 4.62. The van der Waals surface area contributed by atoms with Crippen LogP contribution in [-0.2, 0) is 18.6 Å². The van der Waals surface area contributed by atoms with Gasteiger partial charge in [0.2, 0.25) is 0 Å². The lowest BCUT2D eigenvalue weighted by Gasteiger charge is -2.22. The number of nitrogen functional groups attached to an aromatic ring is 1. The van der Waals surface area contributed by atoms with Crippen LogP contribution in [0.4, 0.5) is 5.82 Å². The largest absolute Gasteiger partial charge is 0.695 e. The van der Waals surface area contributed by atoms with Crippen LogP contribution in [0.2, 0.25) is 0 Å². The highest BCUT2D eigenvalue weighted by atomic mass is 31.1. The quantitative estimate of drug-likeness (QED) is 0.162. The molecule has 36 heavy (non-hydrogen) atoms. The van der Waals surface area contributed by atoms with Gasteiger partial charge in [-0.3, -0.25) is 4.57 Å². The summed E-state index contributed by atoms with van der Waals surface area (Å²) in [5.74, 6) is 0.0686. The van der Waals surface area contributed by atoms with Gasteiger partial charge in [0.1, 0.15) is 18.0 Å². The molecule has 1 aliphatic heterocycles. The van der Waals surface area contributed by atoms with Crippen LogP contribution < -0.4 is 11.4 Å². The van der Waals surface area contributed by atoms with Crippen LogP contribution in [0.15, 0.2) is 17.1 Å². The molecule has 0 amide bonds. The number of aromatic nitrogens is 2. The van der Waals surface area contributed by atoms with Gasteiger partial charge in [-0.25, -0.2) is 4.79 Å². The van der Waals surface area contributed by atoms with Crippen molar-refractivity contribution >= 4 is 14.1 Å². The molecule has 2 heterocycles. The molecule has 0 aromatic carbocycles. The first-order valence-corrected chi connectivity index (χ1v) is 14.7. The molecule has 1 aromatic heterocycles. The van der Waals surface area contributed by atoms with Gasteiger partial charge in [-0.2, -0.15) is 4.98 Å². The van der Waals surface area contributed by atoms with Crippen LogP contribution in [0.3, 0.4) is 0 Å². The van der Waals surface area contributed by atoms with E-state index in [9.17, 15) is 19.4 Å². The minimum atomic E-state index is -2.95. The van der Waals surface area contributed by atoms with Crippen molar-refractivity contribution in [1.82, 2.24) is 9.55 Å². The first kappa shape index (κ1) is 30.8. The summed E-state index contributed by atoms with van der Waals surface area (Å²) in [6, 6.07) is 1.45. The molecule has 206 valence electrons. The molecule has 0 spiro atoms. The van der Waals surface area contributed by atoms with E-state index in [2.05, 4.69) is 11.9 Å². The van der Waals surface area contributed by atoms with Crippen molar-refractivity contribution < 1.29 is 28.6 Å². The van der Waals surface area contributed by atoms with Crippen LogP contribution in [-0.4, -0.2) is 51.1 Å². The lowest BCUT2D eigenvalue weighted by molar-refractivity contribution is -0.0743. The van der Waals surface area contributed by atoms with Crippen molar-refractivity contribution in [2.24, 2.45) is 0 Å². The van der Waals surface area contributed by atoms with Crippen LogP contribution in [0.5, 0.6) is 0 Å². The number of hydrogen-bond acceptors (Lipinski definition) is 8. The molecule has 1 fully saturated rings. The average molecular weight is 531 g/mol. The number of nitrogens with zero attached hydrogens (tertiary/aromatic N) is 2. The first-order valence-electron chi connectivity index (χ1n) is 13.5. The summed E-state index contributed by atoms with van der Waals surface area (Å²) < 4.78 is 29.4. The Kier molecular flexibility index (Phi) is 15.3. The van der Waals surface area contributed by atoms with Gasteiger partial charge in [-0.15, -0.1) is 9.42 Å². The number of anilines is 1. The molecule has 0 saturated carbocycles. The molecule has 1 aliphatic rings. The third kappa shape index (κ3) is 10.9. The third-order valence-corrected chi connectivity index (χ3v) is 7.03.